The van der Waals surface area contributed by atoms with Crippen LogP contribution in [0.1, 0.15) is 0 Å². The Morgan fingerprint density at radius 1 is 0.254 bits per heavy atom. The highest BCUT2D eigenvalue weighted by molar-refractivity contribution is 6.26. The molecular weight excluding hydrogens is 819 g/mol. The zero-order chi connectivity index (χ0) is 43.7. The molecule has 312 valence electrons. The van der Waals surface area contributed by atoms with E-state index in [1.165, 1.54) is 59.6 Å². The van der Waals surface area contributed by atoms with E-state index in [0.29, 0.717) is 0 Å². The molecule has 0 aliphatic carbocycles. The molecule has 15 rings (SSSR count). The van der Waals surface area contributed by atoms with Crippen molar-refractivity contribution in [1.29, 1.82) is 0 Å². The Kier molecular flexibility index (Phi) is 7.44. The number of benzene rings is 11. The van der Waals surface area contributed by atoms with E-state index < -0.39 is 0 Å². The van der Waals surface area contributed by atoms with Crippen molar-refractivity contribution >= 4 is 138 Å². The lowest BCUT2D eigenvalue weighted by Gasteiger charge is -2.26. The number of rotatable bonds is 6. The Balaban J connectivity index is 0.914. The Morgan fingerprint density at radius 3 is 1.15 bits per heavy atom. The van der Waals surface area contributed by atoms with Gasteiger partial charge in [-0.1, -0.05) is 103 Å². The molecule has 0 fully saturated rings. The zero-order valence-electron chi connectivity index (χ0n) is 36.0. The van der Waals surface area contributed by atoms with Gasteiger partial charge < -0.3 is 23.0 Å². The largest absolute Gasteiger partial charge is 0.456 e. The summed E-state index contributed by atoms with van der Waals surface area (Å²) in [6.45, 7) is 0. The molecule has 0 atom stereocenters. The number of aromatic nitrogens is 1. The molecule has 0 bridgehead atoms. The number of fused-ring (bicyclic) bond motifs is 14. The monoisotopic (exact) mass is 855 g/mol. The van der Waals surface area contributed by atoms with Crippen molar-refractivity contribution in [2.45, 2.75) is 0 Å². The minimum Gasteiger partial charge on any atom is -0.456 e. The number of hydrogen-bond donors (Lipinski definition) is 0. The van der Waals surface area contributed by atoms with Gasteiger partial charge in [-0.2, -0.15) is 0 Å². The normalized spacial score (nSPS) is 12.2. The molecule has 4 heterocycles. The second kappa shape index (κ2) is 13.7. The average Bonchev–Trinajstić information content (AvgIpc) is 4.13. The first-order valence-corrected chi connectivity index (χ1v) is 22.8. The van der Waals surface area contributed by atoms with Crippen molar-refractivity contribution in [3.63, 3.8) is 0 Å². The number of hydrogen-bond acceptors (Lipinski definition) is 4. The molecule has 0 radical (unpaired) electrons. The van der Waals surface area contributed by atoms with Crippen LogP contribution in [0.15, 0.2) is 233 Å². The molecule has 11 aromatic carbocycles. The lowest BCUT2D eigenvalue weighted by molar-refractivity contribution is 0.668. The quantitative estimate of drug-likeness (QED) is 0.167. The van der Waals surface area contributed by atoms with Crippen molar-refractivity contribution in [2.24, 2.45) is 0 Å². The molecule has 5 heteroatoms. The molecule has 0 unspecified atom stereocenters. The summed E-state index contributed by atoms with van der Waals surface area (Å²) in [7, 11) is 0. The lowest BCUT2D eigenvalue weighted by Crippen LogP contribution is -2.09. The van der Waals surface area contributed by atoms with Crippen LogP contribution in [0, 0.1) is 0 Å². The molecule has 0 aliphatic heterocycles. The molecule has 4 aromatic heterocycles. The van der Waals surface area contributed by atoms with Crippen LogP contribution in [0.25, 0.3) is 104 Å². The number of anilines is 6. The van der Waals surface area contributed by atoms with Gasteiger partial charge in [0.05, 0.1) is 16.6 Å². The third-order valence-electron chi connectivity index (χ3n) is 14.0. The highest BCUT2D eigenvalue weighted by Gasteiger charge is 2.22. The van der Waals surface area contributed by atoms with Crippen molar-refractivity contribution in [1.82, 2.24) is 4.40 Å². The van der Waals surface area contributed by atoms with Gasteiger partial charge in [-0.15, -0.1) is 0 Å². The Morgan fingerprint density at radius 2 is 0.657 bits per heavy atom. The minimum absolute atomic E-state index is 0.885. The zero-order valence-corrected chi connectivity index (χ0v) is 36.0. The van der Waals surface area contributed by atoms with Gasteiger partial charge in [0.15, 0.2) is 0 Å². The van der Waals surface area contributed by atoms with Crippen LogP contribution in [-0.2, 0) is 0 Å². The van der Waals surface area contributed by atoms with Crippen molar-refractivity contribution in [3.8, 4) is 0 Å². The van der Waals surface area contributed by atoms with Crippen LogP contribution >= 0.6 is 0 Å². The third-order valence-corrected chi connectivity index (χ3v) is 14.0. The summed E-state index contributed by atoms with van der Waals surface area (Å²) in [6.07, 6.45) is 0. The molecule has 0 N–H and O–H groups in total. The summed E-state index contributed by atoms with van der Waals surface area (Å²) < 4.78 is 15.0. The van der Waals surface area contributed by atoms with Crippen molar-refractivity contribution in [2.75, 3.05) is 9.80 Å². The smallest absolute Gasteiger partial charge is 0.135 e. The molecule has 0 saturated heterocycles. The van der Waals surface area contributed by atoms with Crippen LogP contribution in [0.2, 0.25) is 0 Å². The van der Waals surface area contributed by atoms with E-state index in [1.807, 2.05) is 24.3 Å². The summed E-state index contributed by atoms with van der Waals surface area (Å²) in [5, 5.41) is 14.3. The van der Waals surface area contributed by atoms with Gasteiger partial charge in [0, 0.05) is 77.2 Å². The Labute approximate surface area is 383 Å². The van der Waals surface area contributed by atoms with Crippen LogP contribution in [0.5, 0.6) is 0 Å². The maximum absolute atomic E-state index is 6.25. The molecule has 5 nitrogen and oxygen atoms in total. The van der Waals surface area contributed by atoms with E-state index in [0.717, 1.165) is 78.0 Å². The van der Waals surface area contributed by atoms with Gasteiger partial charge in [0.2, 0.25) is 0 Å². The fraction of sp³-hybridized carbons (Fsp3) is 0. The number of nitrogens with zero attached hydrogens (tertiary/aromatic N) is 3. The van der Waals surface area contributed by atoms with Gasteiger partial charge in [-0.05, 0) is 143 Å². The topological polar surface area (TPSA) is 37.2 Å². The van der Waals surface area contributed by atoms with Gasteiger partial charge in [0.1, 0.15) is 22.3 Å². The highest BCUT2D eigenvalue weighted by atomic mass is 16.3. The van der Waals surface area contributed by atoms with Gasteiger partial charge in [-0.3, -0.25) is 0 Å². The Hall–Kier alpha value is -9.06. The molecule has 0 spiro atoms. The highest BCUT2D eigenvalue weighted by Crippen LogP contribution is 2.45. The molecule has 0 amide bonds. The minimum atomic E-state index is 0.885. The number of furan rings is 2. The molecule has 0 aliphatic rings. The van der Waals surface area contributed by atoms with Crippen molar-refractivity contribution < 1.29 is 8.83 Å². The fourth-order valence-electron chi connectivity index (χ4n) is 11.0. The van der Waals surface area contributed by atoms with Crippen LogP contribution < -0.4 is 9.80 Å². The van der Waals surface area contributed by atoms with Crippen LogP contribution in [-0.4, -0.2) is 4.40 Å². The van der Waals surface area contributed by atoms with E-state index in [1.54, 1.807) is 0 Å². The maximum atomic E-state index is 6.25. The van der Waals surface area contributed by atoms with E-state index in [4.69, 9.17) is 8.83 Å². The van der Waals surface area contributed by atoms with Crippen LogP contribution in [0.3, 0.4) is 0 Å². The molecule has 15 aromatic rings. The summed E-state index contributed by atoms with van der Waals surface area (Å²) in [6, 6.07) is 81.0. The third kappa shape index (κ3) is 5.37. The SMILES string of the molecule is c1ccc(N(c2ccc3cc4c5cccc6c7cc8ccc(N(c9ccccc9)c9ccc%10oc%11ccccc%11c%10c9)cc8cc7n(c4cc3c2)c56)c2ccc3oc4ccccc4c3c2)cc1. The predicted molar refractivity (Wildman–Crippen MR) is 280 cm³/mol. The first-order chi connectivity index (χ1) is 33.2. The molecular formula is C62H37N3O2. The fourth-order valence-corrected chi connectivity index (χ4v) is 11.0. The predicted octanol–water partition coefficient (Wildman–Crippen LogP) is 17.9. The van der Waals surface area contributed by atoms with E-state index in [2.05, 4.69) is 214 Å². The summed E-state index contributed by atoms with van der Waals surface area (Å²) in [5.74, 6) is 0. The average molecular weight is 856 g/mol. The van der Waals surface area contributed by atoms with Crippen LogP contribution in [0.4, 0.5) is 34.1 Å². The van der Waals surface area contributed by atoms with E-state index in [-0.39, 0.29) is 0 Å². The molecule has 67 heavy (non-hydrogen) atoms. The first kappa shape index (κ1) is 36.3. The first-order valence-electron chi connectivity index (χ1n) is 22.8. The van der Waals surface area contributed by atoms with Gasteiger partial charge in [0.25, 0.3) is 0 Å². The summed E-state index contributed by atoms with van der Waals surface area (Å²) in [5.41, 5.74) is 13.7. The summed E-state index contributed by atoms with van der Waals surface area (Å²) in [4.78, 5) is 4.70. The van der Waals surface area contributed by atoms with E-state index in [9.17, 15) is 0 Å². The van der Waals surface area contributed by atoms with Gasteiger partial charge in [-0.25, -0.2) is 0 Å². The van der Waals surface area contributed by atoms with Gasteiger partial charge >= 0.3 is 0 Å². The second-order valence-electron chi connectivity index (χ2n) is 17.7. The lowest BCUT2D eigenvalue weighted by atomic mass is 10.0. The summed E-state index contributed by atoms with van der Waals surface area (Å²) >= 11 is 0. The second-order valence-corrected chi connectivity index (χ2v) is 17.7. The Bertz CT molecular complexity index is 4190. The number of para-hydroxylation sites is 5. The molecule has 0 saturated carbocycles. The standard InChI is InChI=1S/C62H37N3O2/c1-3-12-42(13-4-1)63(46-26-28-60-54(36-46)48-16-7-9-20-58(48)66-60)44-24-22-38-32-52-50-18-11-19-51-53-33-39-23-25-45(31-41(39)35-57(53)65(62(50)51)56(52)34-40(38)30-44)64(43-14-5-2-6-15-43)47-27-29-61-55(37-47)49-17-8-10-21-59(49)67-61/h1-37H. The maximum Gasteiger partial charge on any atom is 0.135 e. The van der Waals surface area contributed by atoms with Crippen molar-refractivity contribution in [3.05, 3.63) is 224 Å². The van der Waals surface area contributed by atoms with E-state index >= 15 is 0 Å².